The summed E-state index contributed by atoms with van der Waals surface area (Å²) in [6, 6.07) is 8.09. The van der Waals surface area contributed by atoms with Gasteiger partial charge in [-0.05, 0) is 6.07 Å². The molecule has 0 radical (unpaired) electrons. The molecule has 0 spiro atoms. The first-order chi connectivity index (χ1) is 8.43. The number of aromatic nitrogens is 1. The molecule has 17 heavy (non-hydrogen) atoms. The summed E-state index contributed by atoms with van der Waals surface area (Å²) in [7, 11) is 0. The van der Waals surface area contributed by atoms with Crippen LogP contribution in [0.5, 0.6) is 0 Å². The van der Waals surface area contributed by atoms with Crippen LogP contribution in [0.1, 0.15) is 10.4 Å². The van der Waals surface area contributed by atoms with Crippen LogP contribution in [-0.2, 0) is 13.1 Å². The summed E-state index contributed by atoms with van der Waals surface area (Å²) < 4.78 is 5.49. The molecule has 0 fully saturated rings. The van der Waals surface area contributed by atoms with E-state index in [4.69, 9.17) is 4.42 Å². The molecule has 1 aromatic carbocycles. The lowest BCUT2D eigenvalue weighted by Crippen LogP contribution is -2.11. The number of hydrogen-bond acceptors (Lipinski definition) is 4. The van der Waals surface area contributed by atoms with Crippen LogP contribution in [0.2, 0.25) is 0 Å². The second kappa shape index (κ2) is 4.69. The molecule has 1 N–H and O–H groups in total. The lowest BCUT2D eigenvalue weighted by Gasteiger charge is -2.00. The SMILES string of the molecule is c1ccc2c(CNCc3cncs3)coc2c1. The van der Waals surface area contributed by atoms with Crippen LogP contribution < -0.4 is 5.32 Å². The van der Waals surface area contributed by atoms with Gasteiger partial charge in [0.25, 0.3) is 0 Å². The summed E-state index contributed by atoms with van der Waals surface area (Å²) in [4.78, 5) is 5.30. The van der Waals surface area contributed by atoms with Gasteiger partial charge in [-0.25, -0.2) is 0 Å². The number of furan rings is 1. The number of benzene rings is 1. The van der Waals surface area contributed by atoms with E-state index in [1.165, 1.54) is 15.8 Å². The van der Waals surface area contributed by atoms with E-state index in [0.29, 0.717) is 0 Å². The van der Waals surface area contributed by atoms with E-state index >= 15 is 0 Å². The van der Waals surface area contributed by atoms with Crippen LogP contribution in [0, 0.1) is 0 Å². The Bertz CT molecular complexity index is 601. The quantitative estimate of drug-likeness (QED) is 0.766. The third-order valence-electron chi connectivity index (χ3n) is 2.66. The fourth-order valence-corrected chi connectivity index (χ4v) is 2.38. The van der Waals surface area contributed by atoms with Crippen LogP contribution in [0.3, 0.4) is 0 Å². The topological polar surface area (TPSA) is 38.1 Å². The molecule has 0 saturated carbocycles. The highest BCUT2D eigenvalue weighted by atomic mass is 32.1. The highest BCUT2D eigenvalue weighted by Crippen LogP contribution is 2.20. The molecule has 0 unspecified atom stereocenters. The summed E-state index contributed by atoms with van der Waals surface area (Å²) in [5.41, 5.74) is 4.00. The van der Waals surface area contributed by atoms with Gasteiger partial charge in [-0.2, -0.15) is 0 Å². The molecule has 4 heteroatoms. The van der Waals surface area contributed by atoms with Crippen LogP contribution in [0.25, 0.3) is 11.0 Å². The van der Waals surface area contributed by atoms with Crippen molar-refractivity contribution in [2.24, 2.45) is 0 Å². The van der Waals surface area contributed by atoms with Crippen LogP contribution in [0.15, 0.2) is 46.7 Å². The van der Waals surface area contributed by atoms with Crippen LogP contribution in [-0.4, -0.2) is 4.98 Å². The Balaban J connectivity index is 1.69. The van der Waals surface area contributed by atoms with Gasteiger partial charge in [0, 0.05) is 35.1 Å². The molecule has 3 aromatic rings. The third kappa shape index (κ3) is 2.23. The van der Waals surface area contributed by atoms with Crippen molar-refractivity contribution < 1.29 is 4.42 Å². The minimum Gasteiger partial charge on any atom is -0.464 e. The van der Waals surface area contributed by atoms with E-state index in [-0.39, 0.29) is 0 Å². The van der Waals surface area contributed by atoms with E-state index in [2.05, 4.69) is 16.4 Å². The molecule has 3 nitrogen and oxygen atoms in total. The largest absolute Gasteiger partial charge is 0.464 e. The minimum atomic E-state index is 0.814. The lowest BCUT2D eigenvalue weighted by atomic mass is 10.2. The van der Waals surface area contributed by atoms with Crippen molar-refractivity contribution in [3.05, 3.63) is 52.7 Å². The number of nitrogens with zero attached hydrogens (tertiary/aromatic N) is 1. The molecule has 0 atom stereocenters. The Labute approximate surface area is 103 Å². The zero-order valence-electron chi connectivity index (χ0n) is 9.22. The monoisotopic (exact) mass is 244 g/mol. The molecule has 86 valence electrons. The molecule has 2 aromatic heterocycles. The van der Waals surface area contributed by atoms with Crippen molar-refractivity contribution in [1.29, 1.82) is 0 Å². The van der Waals surface area contributed by atoms with Crippen LogP contribution in [0.4, 0.5) is 0 Å². The molecule has 3 rings (SSSR count). The van der Waals surface area contributed by atoms with Crippen molar-refractivity contribution in [1.82, 2.24) is 10.3 Å². The second-order valence-electron chi connectivity index (χ2n) is 3.83. The van der Waals surface area contributed by atoms with Crippen LogP contribution >= 0.6 is 11.3 Å². The molecular weight excluding hydrogens is 232 g/mol. The molecule has 0 aliphatic heterocycles. The van der Waals surface area contributed by atoms with Gasteiger partial charge in [0.15, 0.2) is 0 Å². The normalized spacial score (nSPS) is 11.1. The van der Waals surface area contributed by atoms with E-state index in [1.54, 1.807) is 11.3 Å². The van der Waals surface area contributed by atoms with Gasteiger partial charge in [-0.15, -0.1) is 11.3 Å². The van der Waals surface area contributed by atoms with Crippen molar-refractivity contribution in [3.8, 4) is 0 Å². The Morgan fingerprint density at radius 2 is 2.18 bits per heavy atom. The Morgan fingerprint density at radius 1 is 1.24 bits per heavy atom. The van der Waals surface area contributed by atoms with E-state index in [9.17, 15) is 0 Å². The number of hydrogen-bond donors (Lipinski definition) is 1. The van der Waals surface area contributed by atoms with Gasteiger partial charge >= 0.3 is 0 Å². The molecule has 0 bridgehead atoms. The molecule has 0 amide bonds. The fourth-order valence-electron chi connectivity index (χ4n) is 1.82. The summed E-state index contributed by atoms with van der Waals surface area (Å²) in [5, 5.41) is 4.58. The smallest absolute Gasteiger partial charge is 0.134 e. The summed E-state index contributed by atoms with van der Waals surface area (Å²) in [6.45, 7) is 1.67. The van der Waals surface area contributed by atoms with Crippen molar-refractivity contribution in [3.63, 3.8) is 0 Å². The first kappa shape index (κ1) is 10.5. The molecule has 0 aliphatic rings. The maximum atomic E-state index is 5.49. The first-order valence-corrected chi connectivity index (χ1v) is 6.34. The predicted octanol–water partition coefficient (Wildman–Crippen LogP) is 3.18. The van der Waals surface area contributed by atoms with Gasteiger partial charge < -0.3 is 9.73 Å². The zero-order valence-corrected chi connectivity index (χ0v) is 10.0. The number of nitrogens with one attached hydrogen (secondary N) is 1. The zero-order chi connectivity index (χ0) is 11.5. The van der Waals surface area contributed by atoms with Gasteiger partial charge in [0.1, 0.15) is 5.58 Å². The number of rotatable bonds is 4. The van der Waals surface area contributed by atoms with Gasteiger partial charge in [-0.3, -0.25) is 4.98 Å². The number of thiazole rings is 1. The fraction of sp³-hybridized carbons (Fsp3) is 0.154. The maximum Gasteiger partial charge on any atom is 0.134 e. The highest BCUT2D eigenvalue weighted by Gasteiger charge is 2.04. The van der Waals surface area contributed by atoms with Gasteiger partial charge in [0.05, 0.1) is 11.8 Å². The van der Waals surface area contributed by atoms with Crippen molar-refractivity contribution in [2.45, 2.75) is 13.1 Å². The summed E-state index contributed by atoms with van der Waals surface area (Å²) in [6.07, 6.45) is 3.72. The highest BCUT2D eigenvalue weighted by molar-refractivity contribution is 7.09. The molecule has 0 saturated heterocycles. The first-order valence-electron chi connectivity index (χ1n) is 5.46. The van der Waals surface area contributed by atoms with Crippen molar-refractivity contribution in [2.75, 3.05) is 0 Å². The molecular formula is C13H12N2OS. The van der Waals surface area contributed by atoms with E-state index in [0.717, 1.165) is 18.7 Å². The molecule has 2 heterocycles. The predicted molar refractivity (Wildman–Crippen MR) is 68.9 cm³/mol. The molecule has 0 aliphatic carbocycles. The van der Waals surface area contributed by atoms with Crippen molar-refractivity contribution >= 4 is 22.3 Å². The Morgan fingerprint density at radius 3 is 3.06 bits per heavy atom. The second-order valence-corrected chi connectivity index (χ2v) is 4.80. The standard InChI is InChI=1S/C13H12N2OS/c1-2-4-13-12(3-1)10(8-16-13)5-14-6-11-7-15-9-17-11/h1-4,7-9,14H,5-6H2. The average Bonchev–Trinajstić information content (AvgIpc) is 2.99. The number of fused-ring (bicyclic) bond motifs is 1. The van der Waals surface area contributed by atoms with E-state index < -0.39 is 0 Å². The summed E-state index contributed by atoms with van der Waals surface area (Å²) in [5.74, 6) is 0. The minimum absolute atomic E-state index is 0.814. The van der Waals surface area contributed by atoms with Gasteiger partial charge in [-0.1, -0.05) is 18.2 Å². The Kier molecular flexibility index (Phi) is 2.90. The Hall–Kier alpha value is -1.65. The average molecular weight is 244 g/mol. The third-order valence-corrected chi connectivity index (χ3v) is 3.44. The summed E-state index contributed by atoms with van der Waals surface area (Å²) >= 11 is 1.67. The number of para-hydroxylation sites is 1. The maximum absolute atomic E-state index is 5.49. The van der Waals surface area contributed by atoms with E-state index in [1.807, 2.05) is 36.2 Å². The lowest BCUT2D eigenvalue weighted by molar-refractivity contribution is 0.602. The van der Waals surface area contributed by atoms with Gasteiger partial charge in [0.2, 0.25) is 0 Å².